The summed E-state index contributed by atoms with van der Waals surface area (Å²) in [5.74, 6) is 0.766. The van der Waals surface area contributed by atoms with E-state index < -0.39 is 0 Å². The highest BCUT2D eigenvalue weighted by molar-refractivity contribution is 6.42. The second kappa shape index (κ2) is 7.26. The molecule has 9 heteroatoms. The Morgan fingerprint density at radius 1 is 1.35 bits per heavy atom. The van der Waals surface area contributed by atoms with Gasteiger partial charge in [0.2, 0.25) is 5.95 Å². The molecule has 1 unspecified atom stereocenters. The van der Waals surface area contributed by atoms with Crippen molar-refractivity contribution in [2.24, 2.45) is 5.92 Å². The van der Waals surface area contributed by atoms with Crippen LogP contribution in [0.3, 0.4) is 0 Å². The largest absolute Gasteiger partial charge is 0.381 e. The second-order valence-electron chi connectivity index (χ2n) is 6.31. The van der Waals surface area contributed by atoms with Crippen LogP contribution in [0.4, 0.5) is 5.95 Å². The molecule has 3 heterocycles. The lowest BCUT2D eigenvalue weighted by molar-refractivity contribution is 0.182. The third kappa shape index (κ3) is 3.56. The van der Waals surface area contributed by atoms with E-state index in [-0.39, 0.29) is 5.56 Å². The number of hydrogen-bond donors (Lipinski definition) is 2. The third-order valence-corrected chi connectivity index (χ3v) is 5.14. The van der Waals surface area contributed by atoms with Crippen molar-refractivity contribution in [2.75, 3.05) is 18.5 Å². The van der Waals surface area contributed by atoms with Crippen LogP contribution in [0.5, 0.6) is 0 Å². The predicted octanol–water partition coefficient (Wildman–Crippen LogP) is 3.08. The monoisotopic (exact) mass is 393 g/mol. The van der Waals surface area contributed by atoms with Gasteiger partial charge in [0.25, 0.3) is 5.56 Å². The molecule has 1 fully saturated rings. The summed E-state index contributed by atoms with van der Waals surface area (Å²) in [7, 11) is 0. The number of aromatic nitrogens is 4. The Morgan fingerprint density at radius 3 is 3.00 bits per heavy atom. The molecule has 2 N–H and O–H groups in total. The number of halogens is 2. The smallest absolute Gasteiger partial charge is 0.278 e. The van der Waals surface area contributed by atoms with Gasteiger partial charge in [-0.2, -0.15) is 5.10 Å². The van der Waals surface area contributed by atoms with Gasteiger partial charge in [0.05, 0.1) is 22.8 Å². The van der Waals surface area contributed by atoms with Crippen molar-refractivity contribution < 1.29 is 4.74 Å². The maximum atomic E-state index is 12.5. The van der Waals surface area contributed by atoms with Crippen LogP contribution in [-0.4, -0.2) is 33.0 Å². The number of aromatic amines is 1. The highest BCUT2D eigenvalue weighted by atomic mass is 35.5. The Kier molecular flexibility index (Phi) is 4.84. The standard InChI is InChI=1S/C17H17Cl2N5O2/c18-12-2-1-10(5-13(12)19)6-20-17-22-14-7-21-24(15(14)16(25)23-17)8-11-3-4-26-9-11/h1-2,5,7,11H,3-4,6,8-9H2,(H2,20,22,23,25). The number of rotatable bonds is 5. The molecule has 0 aliphatic carbocycles. The molecule has 2 aromatic heterocycles. The Morgan fingerprint density at radius 2 is 2.23 bits per heavy atom. The zero-order valence-electron chi connectivity index (χ0n) is 13.8. The van der Waals surface area contributed by atoms with Crippen LogP contribution < -0.4 is 10.9 Å². The summed E-state index contributed by atoms with van der Waals surface area (Å²) in [6.07, 6.45) is 2.60. The van der Waals surface area contributed by atoms with Crippen LogP contribution in [0.1, 0.15) is 12.0 Å². The number of H-pyrrole nitrogens is 1. The van der Waals surface area contributed by atoms with Crippen molar-refractivity contribution in [1.29, 1.82) is 0 Å². The number of ether oxygens (including phenoxy) is 1. The normalized spacial score (nSPS) is 17.1. The quantitative estimate of drug-likeness (QED) is 0.695. The Hall–Kier alpha value is -2.09. The van der Waals surface area contributed by atoms with E-state index in [4.69, 9.17) is 27.9 Å². The predicted molar refractivity (Wildman–Crippen MR) is 101 cm³/mol. The fourth-order valence-electron chi connectivity index (χ4n) is 3.04. The summed E-state index contributed by atoms with van der Waals surface area (Å²) in [6.45, 7) is 2.58. The lowest BCUT2D eigenvalue weighted by Gasteiger charge is -2.09. The first kappa shape index (κ1) is 17.3. The summed E-state index contributed by atoms with van der Waals surface area (Å²) in [5.41, 5.74) is 1.75. The Bertz CT molecular complexity index is 994. The lowest BCUT2D eigenvalue weighted by atomic mass is 10.1. The molecule has 26 heavy (non-hydrogen) atoms. The van der Waals surface area contributed by atoms with Crippen LogP contribution >= 0.6 is 23.2 Å². The topological polar surface area (TPSA) is 84.8 Å². The van der Waals surface area contributed by atoms with Gasteiger partial charge in [0.1, 0.15) is 5.52 Å². The molecule has 4 rings (SSSR count). The summed E-state index contributed by atoms with van der Waals surface area (Å²) in [5, 5.41) is 8.41. The van der Waals surface area contributed by atoms with Crippen molar-refractivity contribution in [3.63, 3.8) is 0 Å². The number of hydrogen-bond acceptors (Lipinski definition) is 5. The average Bonchev–Trinajstić information content (AvgIpc) is 3.27. The molecular formula is C17H17Cl2N5O2. The molecule has 1 aliphatic rings. The summed E-state index contributed by atoms with van der Waals surface area (Å²) in [4.78, 5) is 19.7. The Labute approximate surface area is 159 Å². The van der Waals surface area contributed by atoms with Crippen molar-refractivity contribution in [3.05, 3.63) is 50.4 Å². The molecule has 0 saturated carbocycles. The highest BCUT2D eigenvalue weighted by Gasteiger charge is 2.19. The molecule has 1 aromatic carbocycles. The second-order valence-corrected chi connectivity index (χ2v) is 7.12. The van der Waals surface area contributed by atoms with Gasteiger partial charge in [-0.3, -0.25) is 14.5 Å². The maximum Gasteiger partial charge on any atom is 0.278 e. The Balaban J connectivity index is 1.53. The van der Waals surface area contributed by atoms with Crippen molar-refractivity contribution in [1.82, 2.24) is 19.7 Å². The zero-order valence-corrected chi connectivity index (χ0v) is 15.3. The van der Waals surface area contributed by atoms with Crippen LogP contribution in [0.25, 0.3) is 11.0 Å². The first-order valence-corrected chi connectivity index (χ1v) is 9.07. The molecule has 1 saturated heterocycles. The van der Waals surface area contributed by atoms with Crippen LogP contribution in [-0.2, 0) is 17.8 Å². The molecule has 7 nitrogen and oxygen atoms in total. The van der Waals surface area contributed by atoms with Crippen LogP contribution in [0, 0.1) is 5.92 Å². The summed E-state index contributed by atoms with van der Waals surface area (Å²) < 4.78 is 7.10. The molecule has 1 aliphatic heterocycles. The first-order chi connectivity index (χ1) is 12.6. The molecule has 0 bridgehead atoms. The maximum absolute atomic E-state index is 12.5. The van der Waals surface area contributed by atoms with Gasteiger partial charge < -0.3 is 10.1 Å². The van der Waals surface area contributed by atoms with E-state index in [0.717, 1.165) is 18.6 Å². The zero-order chi connectivity index (χ0) is 18.1. The van der Waals surface area contributed by atoms with Gasteiger partial charge in [-0.05, 0) is 24.1 Å². The minimum Gasteiger partial charge on any atom is -0.381 e. The number of nitrogens with one attached hydrogen (secondary N) is 2. The molecule has 3 aromatic rings. The van der Waals surface area contributed by atoms with Crippen molar-refractivity contribution in [2.45, 2.75) is 19.5 Å². The van der Waals surface area contributed by atoms with Gasteiger partial charge in [-0.15, -0.1) is 0 Å². The molecule has 0 spiro atoms. The first-order valence-electron chi connectivity index (χ1n) is 8.31. The fourth-order valence-corrected chi connectivity index (χ4v) is 3.36. The minimum absolute atomic E-state index is 0.219. The van der Waals surface area contributed by atoms with Crippen LogP contribution in [0.15, 0.2) is 29.2 Å². The molecular weight excluding hydrogens is 377 g/mol. The molecule has 0 radical (unpaired) electrons. The number of anilines is 1. The number of benzene rings is 1. The van der Waals surface area contributed by atoms with E-state index in [1.165, 1.54) is 0 Å². The van der Waals surface area contributed by atoms with E-state index in [9.17, 15) is 4.79 Å². The minimum atomic E-state index is -0.219. The van der Waals surface area contributed by atoms with Crippen LogP contribution in [0.2, 0.25) is 10.0 Å². The fraction of sp³-hybridized carbons (Fsp3) is 0.353. The van der Waals surface area contributed by atoms with E-state index in [2.05, 4.69) is 20.4 Å². The van der Waals surface area contributed by atoms with Gasteiger partial charge in [0, 0.05) is 25.6 Å². The summed E-state index contributed by atoms with van der Waals surface area (Å²) >= 11 is 11.9. The van der Waals surface area contributed by atoms with E-state index in [1.807, 2.05) is 6.07 Å². The lowest BCUT2D eigenvalue weighted by Crippen LogP contribution is -2.19. The van der Waals surface area contributed by atoms with E-state index in [0.29, 0.717) is 52.6 Å². The van der Waals surface area contributed by atoms with E-state index >= 15 is 0 Å². The summed E-state index contributed by atoms with van der Waals surface area (Å²) in [6, 6.07) is 5.37. The van der Waals surface area contributed by atoms with Gasteiger partial charge in [-0.1, -0.05) is 29.3 Å². The molecule has 0 amide bonds. The molecule has 136 valence electrons. The van der Waals surface area contributed by atoms with Gasteiger partial charge >= 0.3 is 0 Å². The molecule has 1 atom stereocenters. The average molecular weight is 394 g/mol. The number of fused-ring (bicyclic) bond motifs is 1. The van der Waals surface area contributed by atoms with Crippen molar-refractivity contribution in [3.8, 4) is 0 Å². The highest BCUT2D eigenvalue weighted by Crippen LogP contribution is 2.23. The van der Waals surface area contributed by atoms with Crippen molar-refractivity contribution >= 4 is 40.2 Å². The van der Waals surface area contributed by atoms with E-state index in [1.54, 1.807) is 23.0 Å². The van der Waals surface area contributed by atoms with Gasteiger partial charge in [-0.25, -0.2) is 4.98 Å². The SMILES string of the molecule is O=c1[nH]c(NCc2ccc(Cl)c(Cl)c2)nc2cnn(CC3CCOC3)c12. The third-order valence-electron chi connectivity index (χ3n) is 4.40. The van der Waals surface area contributed by atoms with Gasteiger partial charge in [0.15, 0.2) is 5.52 Å². The number of nitrogens with zero attached hydrogens (tertiary/aromatic N) is 3.